The average Bonchev–Trinajstić information content (AvgIpc) is 2.11. The Bertz CT molecular complexity index is 150. The first kappa shape index (κ1) is 11.1. The van der Waals surface area contributed by atoms with Gasteiger partial charge in [0.25, 0.3) is 0 Å². The normalized spacial score (nSPS) is 9.58. The number of hydrogen-bond acceptors (Lipinski definition) is 2. The van der Waals surface area contributed by atoms with Crippen LogP contribution in [0, 0.1) is 0 Å². The van der Waals surface area contributed by atoms with Gasteiger partial charge in [-0.25, -0.2) is 0 Å². The van der Waals surface area contributed by atoms with Gasteiger partial charge in [0, 0.05) is 19.4 Å². The third-order valence-electron chi connectivity index (χ3n) is 1.65. The smallest absolute Gasteiger partial charge is 0.228 e. The molecule has 0 aromatic carbocycles. The first-order valence-electron chi connectivity index (χ1n) is 4.50. The minimum atomic E-state index is -0.0660. The molecule has 0 fully saturated rings. The van der Waals surface area contributed by atoms with E-state index >= 15 is 0 Å². The second kappa shape index (κ2) is 5.75. The average molecular weight is 171 g/mol. The summed E-state index contributed by atoms with van der Waals surface area (Å²) in [7, 11) is 0. The molecule has 0 radical (unpaired) electrons. The van der Waals surface area contributed by atoms with E-state index in [0.29, 0.717) is 19.4 Å². The zero-order valence-corrected chi connectivity index (χ0v) is 8.09. The van der Waals surface area contributed by atoms with Gasteiger partial charge in [0.15, 0.2) is 0 Å². The maximum atomic E-state index is 11.2. The zero-order valence-electron chi connectivity index (χ0n) is 8.09. The van der Waals surface area contributed by atoms with E-state index in [1.165, 1.54) is 4.90 Å². The molecule has 3 nitrogen and oxygen atoms in total. The summed E-state index contributed by atoms with van der Waals surface area (Å²) in [6.07, 6.45) is 1.65. The fourth-order valence-electron chi connectivity index (χ4n) is 0.994. The Hall–Kier alpha value is -0.860. The van der Waals surface area contributed by atoms with Gasteiger partial charge in [-0.15, -0.1) is 0 Å². The van der Waals surface area contributed by atoms with Crippen LogP contribution in [0.25, 0.3) is 0 Å². The molecule has 0 aromatic rings. The molecule has 12 heavy (non-hydrogen) atoms. The van der Waals surface area contributed by atoms with Gasteiger partial charge in [0.1, 0.15) is 0 Å². The fourth-order valence-corrected chi connectivity index (χ4v) is 0.994. The van der Waals surface area contributed by atoms with Crippen LogP contribution in [0.2, 0.25) is 0 Å². The van der Waals surface area contributed by atoms with Crippen molar-refractivity contribution in [3.8, 4) is 0 Å². The van der Waals surface area contributed by atoms with Crippen LogP contribution >= 0.6 is 0 Å². The maximum absolute atomic E-state index is 11.2. The van der Waals surface area contributed by atoms with Gasteiger partial charge >= 0.3 is 0 Å². The monoisotopic (exact) mass is 171 g/mol. The van der Waals surface area contributed by atoms with Gasteiger partial charge in [-0.1, -0.05) is 20.8 Å². The van der Waals surface area contributed by atoms with Gasteiger partial charge in [-0.05, 0) is 6.42 Å². The summed E-state index contributed by atoms with van der Waals surface area (Å²) in [5, 5.41) is 0. The van der Waals surface area contributed by atoms with Gasteiger partial charge in [0.05, 0.1) is 0 Å². The number of hydrogen-bond donors (Lipinski definition) is 0. The lowest BCUT2D eigenvalue weighted by Gasteiger charge is -2.18. The number of imide groups is 1. The molecule has 0 saturated heterocycles. The van der Waals surface area contributed by atoms with Crippen molar-refractivity contribution in [2.24, 2.45) is 0 Å². The molecule has 0 spiro atoms. The molecule has 0 rings (SSSR count). The third kappa shape index (κ3) is 3.03. The van der Waals surface area contributed by atoms with Gasteiger partial charge in [0.2, 0.25) is 11.8 Å². The summed E-state index contributed by atoms with van der Waals surface area (Å²) in [5.41, 5.74) is 0. The summed E-state index contributed by atoms with van der Waals surface area (Å²) in [4.78, 5) is 23.8. The second-order valence-electron chi connectivity index (χ2n) is 2.65. The molecule has 0 atom stereocenters. The zero-order chi connectivity index (χ0) is 9.56. The molecule has 0 bridgehead atoms. The fraction of sp³-hybridized carbons (Fsp3) is 0.778. The summed E-state index contributed by atoms with van der Waals surface area (Å²) >= 11 is 0. The van der Waals surface area contributed by atoms with Crippen LogP contribution in [-0.4, -0.2) is 23.3 Å². The van der Waals surface area contributed by atoms with Crippen LogP contribution in [0.15, 0.2) is 0 Å². The van der Waals surface area contributed by atoms with Crippen molar-refractivity contribution in [3.63, 3.8) is 0 Å². The molecule has 0 aromatic heterocycles. The SMILES string of the molecule is CCCN(C(=O)CC)C(=O)CC. The van der Waals surface area contributed by atoms with Crippen molar-refractivity contribution in [3.05, 3.63) is 0 Å². The second-order valence-corrected chi connectivity index (χ2v) is 2.65. The molecule has 70 valence electrons. The van der Waals surface area contributed by atoms with Crippen LogP contribution in [0.5, 0.6) is 0 Å². The molecule has 0 N–H and O–H groups in total. The molecule has 0 unspecified atom stereocenters. The predicted octanol–water partition coefficient (Wildman–Crippen LogP) is 1.57. The number of carbonyl (C=O) groups excluding carboxylic acids is 2. The summed E-state index contributed by atoms with van der Waals surface area (Å²) < 4.78 is 0. The summed E-state index contributed by atoms with van der Waals surface area (Å²) in [6.45, 7) is 6.06. The van der Waals surface area contributed by atoms with E-state index < -0.39 is 0 Å². The van der Waals surface area contributed by atoms with Crippen molar-refractivity contribution < 1.29 is 9.59 Å². The molecule has 0 saturated carbocycles. The van der Waals surface area contributed by atoms with Crippen LogP contribution < -0.4 is 0 Å². The molecule has 0 aliphatic heterocycles. The Balaban J connectivity index is 4.21. The largest absolute Gasteiger partial charge is 0.283 e. The Morgan fingerprint density at radius 2 is 1.42 bits per heavy atom. The highest BCUT2D eigenvalue weighted by Gasteiger charge is 2.16. The first-order chi connectivity index (χ1) is 5.67. The number of rotatable bonds is 4. The molecule has 0 aliphatic carbocycles. The number of carbonyl (C=O) groups is 2. The molecule has 3 heteroatoms. The van der Waals surface area contributed by atoms with Crippen LogP contribution in [0.1, 0.15) is 40.0 Å². The topological polar surface area (TPSA) is 37.4 Å². The highest BCUT2D eigenvalue weighted by molar-refractivity contribution is 5.94. The molecular weight excluding hydrogens is 154 g/mol. The lowest BCUT2D eigenvalue weighted by molar-refractivity contribution is -0.144. The highest BCUT2D eigenvalue weighted by atomic mass is 16.2. The maximum Gasteiger partial charge on any atom is 0.228 e. The van der Waals surface area contributed by atoms with E-state index in [1.807, 2.05) is 6.92 Å². The Morgan fingerprint density at radius 3 is 1.67 bits per heavy atom. The van der Waals surface area contributed by atoms with Gasteiger partial charge < -0.3 is 0 Å². The Kier molecular flexibility index (Phi) is 5.34. The van der Waals surface area contributed by atoms with Crippen molar-refractivity contribution in [2.45, 2.75) is 40.0 Å². The predicted molar refractivity (Wildman–Crippen MR) is 47.6 cm³/mol. The van der Waals surface area contributed by atoms with E-state index in [9.17, 15) is 9.59 Å². The summed E-state index contributed by atoms with van der Waals surface area (Å²) in [6, 6.07) is 0. The number of amides is 2. The third-order valence-corrected chi connectivity index (χ3v) is 1.65. The molecule has 2 amide bonds. The molecule has 0 aliphatic rings. The van der Waals surface area contributed by atoms with Gasteiger partial charge in [-0.2, -0.15) is 0 Å². The van der Waals surface area contributed by atoms with Crippen LogP contribution in [0.4, 0.5) is 0 Å². The number of nitrogens with zero attached hydrogens (tertiary/aromatic N) is 1. The lowest BCUT2D eigenvalue weighted by Crippen LogP contribution is -2.36. The Labute approximate surface area is 73.7 Å². The van der Waals surface area contributed by atoms with E-state index in [2.05, 4.69) is 0 Å². The van der Waals surface area contributed by atoms with Crippen molar-refractivity contribution in [1.82, 2.24) is 4.90 Å². The lowest BCUT2D eigenvalue weighted by atomic mass is 10.3. The van der Waals surface area contributed by atoms with E-state index in [4.69, 9.17) is 0 Å². The van der Waals surface area contributed by atoms with Gasteiger partial charge in [-0.3, -0.25) is 14.5 Å². The summed E-state index contributed by atoms with van der Waals surface area (Å²) in [5.74, 6) is -0.132. The van der Waals surface area contributed by atoms with Crippen LogP contribution in [-0.2, 0) is 9.59 Å². The van der Waals surface area contributed by atoms with E-state index in [1.54, 1.807) is 13.8 Å². The van der Waals surface area contributed by atoms with Crippen molar-refractivity contribution in [1.29, 1.82) is 0 Å². The minimum absolute atomic E-state index is 0.0660. The minimum Gasteiger partial charge on any atom is -0.283 e. The quantitative estimate of drug-likeness (QED) is 0.644. The highest BCUT2D eigenvalue weighted by Crippen LogP contribution is 1.99. The van der Waals surface area contributed by atoms with E-state index in [0.717, 1.165) is 6.42 Å². The van der Waals surface area contributed by atoms with E-state index in [-0.39, 0.29) is 11.8 Å². The first-order valence-corrected chi connectivity index (χ1v) is 4.50. The molecular formula is C9H17NO2. The van der Waals surface area contributed by atoms with Crippen molar-refractivity contribution >= 4 is 11.8 Å². The molecule has 0 heterocycles. The van der Waals surface area contributed by atoms with Crippen LogP contribution in [0.3, 0.4) is 0 Å². The van der Waals surface area contributed by atoms with Crippen molar-refractivity contribution in [2.75, 3.05) is 6.54 Å². The Morgan fingerprint density at radius 1 is 1.00 bits per heavy atom. The standard InChI is InChI=1S/C9H17NO2/c1-4-7-10(8(11)5-2)9(12)6-3/h4-7H2,1-3H3.